The van der Waals surface area contributed by atoms with Crippen molar-refractivity contribution in [2.24, 2.45) is 0 Å². The van der Waals surface area contributed by atoms with Crippen LogP contribution in [0.25, 0.3) is 0 Å². The summed E-state index contributed by atoms with van der Waals surface area (Å²) in [6.07, 6.45) is 10.1. The van der Waals surface area contributed by atoms with Crippen molar-refractivity contribution in [3.8, 4) is 0 Å². The molecule has 7 nitrogen and oxygen atoms in total. The zero-order valence-corrected chi connectivity index (χ0v) is 14.3. The van der Waals surface area contributed by atoms with E-state index < -0.39 is 6.04 Å². The van der Waals surface area contributed by atoms with Crippen LogP contribution in [0.2, 0.25) is 0 Å². The van der Waals surface area contributed by atoms with Gasteiger partial charge in [-0.1, -0.05) is 24.5 Å². The Morgan fingerprint density at radius 1 is 1.17 bits per heavy atom. The second-order valence-corrected chi connectivity index (χ2v) is 6.64. The van der Waals surface area contributed by atoms with E-state index in [1.54, 1.807) is 18.0 Å². The first-order chi connectivity index (χ1) is 11.7. The van der Waals surface area contributed by atoms with Gasteiger partial charge in [0.1, 0.15) is 6.04 Å². The minimum Gasteiger partial charge on any atom is -0.464 e. The first-order valence-corrected chi connectivity index (χ1v) is 9.10. The summed E-state index contributed by atoms with van der Waals surface area (Å²) < 4.78 is 6.95. The molecular formula is C17H26N4O3. The molecule has 0 N–H and O–H groups in total. The molecule has 1 aromatic heterocycles. The van der Waals surface area contributed by atoms with Gasteiger partial charge in [-0.05, 0) is 39.0 Å². The number of likely N-dealkylation sites (tertiary alicyclic amines) is 1. The molecule has 1 atom stereocenters. The van der Waals surface area contributed by atoms with Gasteiger partial charge in [0.2, 0.25) is 0 Å². The van der Waals surface area contributed by atoms with Gasteiger partial charge >= 0.3 is 5.97 Å². The van der Waals surface area contributed by atoms with E-state index in [-0.39, 0.29) is 11.9 Å². The van der Waals surface area contributed by atoms with Crippen molar-refractivity contribution in [3.63, 3.8) is 0 Å². The standard InChI is InChI=1S/C17H26N4O3/c1-2-24-17(23)15-10-6-7-11-20(15)16(22)14-12-21(19-18-14)13-8-4-3-5-9-13/h12-13,15H,2-11H2,1H3/t15-/m0/s1. The van der Waals surface area contributed by atoms with Crippen LogP contribution in [0.15, 0.2) is 6.20 Å². The fraction of sp³-hybridized carbons (Fsp3) is 0.765. The molecular weight excluding hydrogens is 308 g/mol. The Balaban J connectivity index is 1.72. The van der Waals surface area contributed by atoms with Crippen LogP contribution in [0.5, 0.6) is 0 Å². The summed E-state index contributed by atoms with van der Waals surface area (Å²) in [5.41, 5.74) is 0.330. The minimum absolute atomic E-state index is 0.213. The molecule has 1 saturated heterocycles. The first-order valence-electron chi connectivity index (χ1n) is 9.10. The van der Waals surface area contributed by atoms with Gasteiger partial charge in [-0.2, -0.15) is 0 Å². The lowest BCUT2D eigenvalue weighted by Gasteiger charge is -2.33. The van der Waals surface area contributed by atoms with Crippen molar-refractivity contribution in [3.05, 3.63) is 11.9 Å². The molecule has 2 fully saturated rings. The molecule has 24 heavy (non-hydrogen) atoms. The SMILES string of the molecule is CCOC(=O)[C@@H]1CCCCN1C(=O)c1cn(C2CCCCC2)nn1. The lowest BCUT2D eigenvalue weighted by atomic mass is 9.96. The number of carbonyl (C=O) groups excluding carboxylic acids is 2. The zero-order chi connectivity index (χ0) is 16.9. The van der Waals surface area contributed by atoms with Crippen molar-refractivity contribution >= 4 is 11.9 Å². The van der Waals surface area contributed by atoms with E-state index in [0.29, 0.717) is 31.3 Å². The number of amides is 1. The maximum absolute atomic E-state index is 12.8. The van der Waals surface area contributed by atoms with Crippen LogP contribution in [0.4, 0.5) is 0 Å². The highest BCUT2D eigenvalue weighted by atomic mass is 16.5. The monoisotopic (exact) mass is 334 g/mol. The number of aromatic nitrogens is 3. The number of ether oxygens (including phenoxy) is 1. The second-order valence-electron chi connectivity index (χ2n) is 6.64. The van der Waals surface area contributed by atoms with E-state index in [4.69, 9.17) is 4.74 Å². The Morgan fingerprint density at radius 2 is 1.92 bits per heavy atom. The number of carbonyl (C=O) groups is 2. The molecule has 0 bridgehead atoms. The van der Waals surface area contributed by atoms with Gasteiger partial charge in [0, 0.05) is 6.54 Å². The van der Waals surface area contributed by atoms with E-state index in [0.717, 1.165) is 25.7 Å². The van der Waals surface area contributed by atoms with Crippen LogP contribution in [-0.4, -0.2) is 51.0 Å². The van der Waals surface area contributed by atoms with Gasteiger partial charge in [-0.25, -0.2) is 9.48 Å². The summed E-state index contributed by atoms with van der Waals surface area (Å²) in [5.74, 6) is -0.528. The molecule has 3 rings (SSSR count). The largest absolute Gasteiger partial charge is 0.464 e. The fourth-order valence-corrected chi connectivity index (χ4v) is 3.70. The van der Waals surface area contributed by atoms with Gasteiger partial charge in [-0.15, -0.1) is 5.10 Å². The summed E-state index contributed by atoms with van der Waals surface area (Å²) in [6.45, 7) is 2.68. The first kappa shape index (κ1) is 16.9. The summed E-state index contributed by atoms with van der Waals surface area (Å²) >= 11 is 0. The summed E-state index contributed by atoms with van der Waals surface area (Å²) in [6, 6.07) is -0.152. The van der Waals surface area contributed by atoms with Crippen molar-refractivity contribution in [2.45, 2.75) is 70.4 Å². The Bertz CT molecular complexity index is 580. The summed E-state index contributed by atoms with van der Waals surface area (Å²) in [5, 5.41) is 8.24. The summed E-state index contributed by atoms with van der Waals surface area (Å²) in [7, 11) is 0. The summed E-state index contributed by atoms with van der Waals surface area (Å²) in [4.78, 5) is 26.6. The molecule has 1 aromatic rings. The molecule has 1 aliphatic heterocycles. The third-order valence-electron chi connectivity index (χ3n) is 5.00. The highest BCUT2D eigenvalue weighted by Gasteiger charge is 2.35. The fourth-order valence-electron chi connectivity index (χ4n) is 3.70. The van der Waals surface area contributed by atoms with E-state index in [1.165, 1.54) is 19.3 Å². The number of piperidine rings is 1. The molecule has 0 unspecified atom stereocenters. The van der Waals surface area contributed by atoms with Gasteiger partial charge in [-0.3, -0.25) is 4.79 Å². The Morgan fingerprint density at radius 3 is 2.67 bits per heavy atom. The van der Waals surface area contributed by atoms with Crippen molar-refractivity contribution in [2.75, 3.05) is 13.2 Å². The number of hydrogen-bond donors (Lipinski definition) is 0. The highest BCUT2D eigenvalue weighted by molar-refractivity contribution is 5.95. The van der Waals surface area contributed by atoms with Crippen LogP contribution in [0.1, 0.15) is 74.8 Å². The van der Waals surface area contributed by atoms with Crippen LogP contribution < -0.4 is 0 Å². The predicted octanol–water partition coefficient (Wildman–Crippen LogP) is 2.34. The van der Waals surface area contributed by atoms with Gasteiger partial charge in [0.15, 0.2) is 5.69 Å². The van der Waals surface area contributed by atoms with E-state index in [9.17, 15) is 9.59 Å². The van der Waals surface area contributed by atoms with Gasteiger partial charge in [0.05, 0.1) is 18.8 Å². The zero-order valence-electron chi connectivity index (χ0n) is 14.3. The van der Waals surface area contributed by atoms with Crippen LogP contribution in [0.3, 0.4) is 0 Å². The van der Waals surface area contributed by atoms with E-state index in [2.05, 4.69) is 10.3 Å². The average Bonchev–Trinajstić information content (AvgIpc) is 3.12. The predicted molar refractivity (Wildman–Crippen MR) is 87.5 cm³/mol. The topological polar surface area (TPSA) is 77.3 Å². The normalized spacial score (nSPS) is 22.4. The third-order valence-corrected chi connectivity index (χ3v) is 5.00. The second kappa shape index (κ2) is 7.77. The molecule has 0 radical (unpaired) electrons. The van der Waals surface area contributed by atoms with Crippen molar-refractivity contribution < 1.29 is 14.3 Å². The number of esters is 1. The third kappa shape index (κ3) is 3.60. The number of hydrogen-bond acceptors (Lipinski definition) is 5. The lowest BCUT2D eigenvalue weighted by Crippen LogP contribution is -2.48. The van der Waals surface area contributed by atoms with E-state index >= 15 is 0 Å². The van der Waals surface area contributed by atoms with Crippen LogP contribution in [0, 0.1) is 0 Å². The van der Waals surface area contributed by atoms with Gasteiger partial charge in [0.25, 0.3) is 5.91 Å². The Hall–Kier alpha value is -1.92. The average molecular weight is 334 g/mol. The van der Waals surface area contributed by atoms with Gasteiger partial charge < -0.3 is 9.64 Å². The maximum Gasteiger partial charge on any atom is 0.328 e. The highest BCUT2D eigenvalue weighted by Crippen LogP contribution is 2.27. The van der Waals surface area contributed by atoms with Crippen molar-refractivity contribution in [1.82, 2.24) is 19.9 Å². The Labute approximate surface area is 142 Å². The minimum atomic E-state index is -0.494. The molecule has 1 aliphatic carbocycles. The van der Waals surface area contributed by atoms with Crippen molar-refractivity contribution in [1.29, 1.82) is 0 Å². The molecule has 2 heterocycles. The molecule has 0 spiro atoms. The molecule has 2 aliphatic rings. The number of nitrogens with zero attached hydrogens (tertiary/aromatic N) is 4. The quantitative estimate of drug-likeness (QED) is 0.790. The smallest absolute Gasteiger partial charge is 0.328 e. The molecule has 0 aromatic carbocycles. The van der Waals surface area contributed by atoms with E-state index in [1.807, 2.05) is 4.68 Å². The molecule has 132 valence electrons. The molecule has 1 saturated carbocycles. The maximum atomic E-state index is 12.8. The van der Waals surface area contributed by atoms with Crippen LogP contribution in [-0.2, 0) is 9.53 Å². The molecule has 7 heteroatoms. The lowest BCUT2D eigenvalue weighted by molar-refractivity contribution is -0.149. The number of rotatable bonds is 4. The van der Waals surface area contributed by atoms with Crippen LogP contribution >= 0.6 is 0 Å². The Kier molecular flexibility index (Phi) is 5.48. The molecule has 1 amide bonds.